The van der Waals surface area contributed by atoms with Crippen molar-refractivity contribution in [1.82, 2.24) is 0 Å². The lowest BCUT2D eigenvalue weighted by Crippen LogP contribution is -2.25. The molecule has 0 aliphatic carbocycles. The topological polar surface area (TPSA) is 69.7 Å². The van der Waals surface area contributed by atoms with Crippen LogP contribution in [0.1, 0.15) is 6.92 Å². The van der Waals surface area contributed by atoms with Crippen molar-refractivity contribution < 1.29 is 20.4 Å². The number of esters is 1. The number of benzene rings is 1. The van der Waals surface area contributed by atoms with Gasteiger partial charge in [0.25, 0.3) is 0 Å². The molecule has 0 aliphatic heterocycles. The van der Waals surface area contributed by atoms with E-state index in [2.05, 4.69) is 4.74 Å². The second-order valence-corrected chi connectivity index (χ2v) is 5.33. The average molecular weight is 338 g/mol. The van der Waals surface area contributed by atoms with Crippen molar-refractivity contribution in [3.8, 4) is 5.75 Å². The normalized spacial score (nSPS) is 12.2. The predicted molar refractivity (Wildman–Crippen MR) is 62.6 cm³/mol. The van der Waals surface area contributed by atoms with Gasteiger partial charge in [-0.05, 0) is 19.1 Å². The second kappa shape index (κ2) is 5.78. The fourth-order valence-corrected chi connectivity index (χ4v) is 2.31. The SMILES string of the molecule is COC(=O)[C@@H](C)Oc1ccccc1I(=O)=O. The third kappa shape index (κ3) is 3.16. The van der Waals surface area contributed by atoms with E-state index in [1.54, 1.807) is 12.1 Å². The fourth-order valence-electron chi connectivity index (χ4n) is 1.07. The molecule has 16 heavy (non-hydrogen) atoms. The Morgan fingerprint density at radius 2 is 1.94 bits per heavy atom. The Balaban J connectivity index is 2.93. The Labute approximate surface area is 99.9 Å². The molecule has 0 bridgehead atoms. The van der Waals surface area contributed by atoms with Crippen LogP contribution in [0.3, 0.4) is 0 Å². The van der Waals surface area contributed by atoms with Crippen LogP contribution in [0.4, 0.5) is 0 Å². The van der Waals surface area contributed by atoms with Gasteiger partial charge in [0, 0.05) is 0 Å². The van der Waals surface area contributed by atoms with Gasteiger partial charge in [-0.2, -0.15) is 0 Å². The first-order valence-electron chi connectivity index (χ1n) is 4.45. The largest absolute Gasteiger partial charge is 0.478 e. The minimum absolute atomic E-state index is 0.141. The smallest absolute Gasteiger partial charge is 0.346 e. The summed E-state index contributed by atoms with van der Waals surface area (Å²) in [4.78, 5) is 11.1. The summed E-state index contributed by atoms with van der Waals surface area (Å²) in [5, 5.41) is 0. The number of carbonyl (C=O) groups is 1. The molecule has 0 spiro atoms. The average Bonchev–Trinajstić information content (AvgIpc) is 2.28. The van der Waals surface area contributed by atoms with Crippen LogP contribution in [0.25, 0.3) is 0 Å². The van der Waals surface area contributed by atoms with Crippen LogP contribution in [0.5, 0.6) is 5.75 Å². The van der Waals surface area contributed by atoms with Gasteiger partial charge in [-0.25, -0.2) is 10.9 Å². The van der Waals surface area contributed by atoms with Crippen LogP contribution in [-0.4, -0.2) is 19.2 Å². The van der Waals surface area contributed by atoms with Crippen molar-refractivity contribution in [2.75, 3.05) is 7.11 Å². The van der Waals surface area contributed by atoms with E-state index in [9.17, 15) is 10.9 Å². The standard InChI is InChI=1S/C10H11IO5/c1-7(10(12)15-2)16-9-6-4-3-5-8(9)11(13)14/h3-7H,1-2H3/t7-/m1/s1. The molecule has 0 radical (unpaired) electrons. The molecule has 0 heterocycles. The molecule has 0 saturated heterocycles. The van der Waals surface area contributed by atoms with E-state index in [4.69, 9.17) is 4.74 Å². The number of rotatable bonds is 4. The van der Waals surface area contributed by atoms with Gasteiger partial charge in [0.2, 0.25) is 0 Å². The molecule has 6 heteroatoms. The molecule has 0 aromatic heterocycles. The van der Waals surface area contributed by atoms with Crippen molar-refractivity contribution in [2.24, 2.45) is 0 Å². The van der Waals surface area contributed by atoms with E-state index in [1.165, 1.54) is 26.2 Å². The Bertz CT molecular complexity index is 444. The molecule has 0 N–H and O–H groups in total. The maximum Gasteiger partial charge on any atom is 0.346 e. The van der Waals surface area contributed by atoms with Gasteiger partial charge in [-0.1, -0.05) is 12.1 Å². The molecule has 0 aliphatic rings. The fraction of sp³-hybridized carbons (Fsp3) is 0.300. The zero-order valence-electron chi connectivity index (χ0n) is 8.81. The zero-order chi connectivity index (χ0) is 12.1. The van der Waals surface area contributed by atoms with Crippen LogP contribution in [0.2, 0.25) is 0 Å². The molecule has 1 aromatic rings. The third-order valence-corrected chi connectivity index (χ3v) is 3.68. The van der Waals surface area contributed by atoms with E-state index >= 15 is 0 Å². The quantitative estimate of drug-likeness (QED) is 0.620. The van der Waals surface area contributed by atoms with Crippen molar-refractivity contribution in [1.29, 1.82) is 0 Å². The van der Waals surface area contributed by atoms with Gasteiger partial charge >= 0.3 is 25.8 Å². The summed E-state index contributed by atoms with van der Waals surface area (Å²) in [6.45, 7) is 1.50. The monoisotopic (exact) mass is 338 g/mol. The second-order valence-electron chi connectivity index (χ2n) is 2.93. The highest BCUT2D eigenvalue weighted by molar-refractivity contribution is 14.2. The van der Waals surface area contributed by atoms with Crippen molar-refractivity contribution >= 4 is 25.8 Å². The number of halogens is 1. The summed E-state index contributed by atoms with van der Waals surface area (Å²) in [7, 11) is 1.24. The molecule has 0 amide bonds. The van der Waals surface area contributed by atoms with Crippen molar-refractivity contribution in [3.63, 3.8) is 0 Å². The van der Waals surface area contributed by atoms with Crippen molar-refractivity contribution in [3.05, 3.63) is 27.8 Å². The minimum Gasteiger partial charge on any atom is -0.478 e. The lowest BCUT2D eigenvalue weighted by Gasteiger charge is -2.12. The maximum absolute atomic E-state index is 11.1. The summed E-state index contributed by atoms with van der Waals surface area (Å²) in [6.07, 6.45) is -0.832. The summed E-state index contributed by atoms with van der Waals surface area (Å²) < 4.78 is 31.8. The van der Waals surface area contributed by atoms with Gasteiger partial charge in [-0.3, -0.25) is 0 Å². The minimum atomic E-state index is -3.61. The highest BCUT2D eigenvalue weighted by atomic mass is 127. The summed E-state index contributed by atoms with van der Waals surface area (Å²) in [5.41, 5.74) is 0. The first-order chi connectivity index (χ1) is 7.56. The van der Waals surface area contributed by atoms with E-state index in [0.717, 1.165) is 0 Å². The van der Waals surface area contributed by atoms with Gasteiger partial charge in [0.15, 0.2) is 6.10 Å². The first-order valence-corrected chi connectivity index (χ1v) is 7.29. The third-order valence-electron chi connectivity index (χ3n) is 1.84. The number of para-hydroxylation sites is 1. The Morgan fingerprint density at radius 1 is 1.31 bits per heavy atom. The molecule has 0 fully saturated rings. The molecule has 1 aromatic carbocycles. The number of ether oxygens (including phenoxy) is 2. The number of methoxy groups -OCH3 is 1. The van der Waals surface area contributed by atoms with E-state index < -0.39 is 31.9 Å². The van der Waals surface area contributed by atoms with E-state index in [-0.39, 0.29) is 9.32 Å². The molecule has 88 valence electrons. The van der Waals surface area contributed by atoms with Crippen LogP contribution in [0, 0.1) is 3.57 Å². The number of hydrogen-bond acceptors (Lipinski definition) is 5. The van der Waals surface area contributed by atoms with Crippen LogP contribution < -0.4 is 4.74 Å². The summed E-state index contributed by atoms with van der Waals surface area (Å²) >= 11 is -3.61. The Morgan fingerprint density at radius 3 is 2.50 bits per heavy atom. The van der Waals surface area contributed by atoms with Gasteiger partial charge in [0.05, 0.1) is 7.11 Å². The predicted octanol–water partition coefficient (Wildman–Crippen LogP) is 1.99. The number of carbonyl (C=O) groups excluding carboxylic acids is 1. The molecular weight excluding hydrogens is 327 g/mol. The first kappa shape index (κ1) is 12.9. The highest BCUT2D eigenvalue weighted by Crippen LogP contribution is 2.28. The van der Waals surface area contributed by atoms with Gasteiger partial charge < -0.3 is 9.47 Å². The Hall–Kier alpha value is -1.18. The van der Waals surface area contributed by atoms with E-state index in [1.807, 2.05) is 0 Å². The van der Waals surface area contributed by atoms with E-state index in [0.29, 0.717) is 0 Å². The highest BCUT2D eigenvalue weighted by Gasteiger charge is 2.17. The lowest BCUT2D eigenvalue weighted by molar-refractivity contribution is -0.147. The molecule has 0 saturated carbocycles. The number of hydrogen-bond donors (Lipinski definition) is 0. The van der Waals surface area contributed by atoms with Gasteiger partial charge in [0.1, 0.15) is 9.32 Å². The van der Waals surface area contributed by atoms with Crippen LogP contribution in [0.15, 0.2) is 24.3 Å². The summed E-state index contributed by atoms with van der Waals surface area (Å²) in [5.74, 6) is -0.359. The Kier molecular flexibility index (Phi) is 4.66. The van der Waals surface area contributed by atoms with Crippen molar-refractivity contribution in [2.45, 2.75) is 13.0 Å². The molecular formula is C10H11IO5. The molecule has 1 atom stereocenters. The lowest BCUT2D eigenvalue weighted by atomic mass is 10.3. The van der Waals surface area contributed by atoms with Crippen LogP contribution in [-0.2, 0) is 15.7 Å². The molecule has 1 rings (SSSR count). The zero-order valence-corrected chi connectivity index (χ0v) is 11.0. The molecule has 0 unspecified atom stereocenters. The molecule has 5 nitrogen and oxygen atoms in total. The van der Waals surface area contributed by atoms with Crippen LogP contribution >= 0.6 is 19.8 Å². The maximum atomic E-state index is 11.1. The van der Waals surface area contributed by atoms with Gasteiger partial charge in [-0.15, -0.1) is 0 Å². The summed E-state index contributed by atoms with van der Waals surface area (Å²) in [6, 6.07) is 6.20.